The van der Waals surface area contributed by atoms with Crippen molar-refractivity contribution in [3.63, 3.8) is 0 Å². The predicted octanol–water partition coefficient (Wildman–Crippen LogP) is 4.32. The summed E-state index contributed by atoms with van der Waals surface area (Å²) in [6, 6.07) is 13.3. The monoisotopic (exact) mass is 447 g/mol. The molecular formula is C21H22ClN3O4S. The number of rotatable bonds is 6. The third kappa shape index (κ3) is 5.25. The summed E-state index contributed by atoms with van der Waals surface area (Å²) in [5.74, 6) is 0.397. The first-order valence-corrected chi connectivity index (χ1v) is 10.6. The van der Waals surface area contributed by atoms with Crippen molar-refractivity contribution in [2.45, 2.75) is 32.8 Å². The molecule has 1 aliphatic rings. The minimum atomic E-state index is -0.482. The maximum absolute atomic E-state index is 12.1. The molecule has 1 aliphatic heterocycles. The molecule has 0 fully saturated rings. The van der Waals surface area contributed by atoms with E-state index >= 15 is 0 Å². The second kappa shape index (κ2) is 9.86. The van der Waals surface area contributed by atoms with Crippen molar-refractivity contribution in [3.8, 4) is 11.5 Å². The van der Waals surface area contributed by atoms with Gasteiger partial charge in [-0.2, -0.15) is 0 Å². The first kappa shape index (κ1) is 22.0. The lowest BCUT2D eigenvalue weighted by Crippen LogP contribution is -2.25. The Morgan fingerprint density at radius 3 is 2.57 bits per heavy atom. The van der Waals surface area contributed by atoms with E-state index in [1.165, 1.54) is 30.6 Å². The number of nitrogens with zero attached hydrogens (tertiary/aromatic N) is 2. The first-order chi connectivity index (χ1) is 14.4. The Morgan fingerprint density at radius 2 is 1.93 bits per heavy atom. The van der Waals surface area contributed by atoms with Gasteiger partial charge in [0.25, 0.3) is 0 Å². The van der Waals surface area contributed by atoms with Crippen LogP contribution in [0.25, 0.3) is 0 Å². The van der Waals surface area contributed by atoms with Gasteiger partial charge in [0, 0.05) is 13.8 Å². The molecule has 0 aliphatic carbocycles. The minimum absolute atomic E-state index is 0.258. The van der Waals surface area contributed by atoms with Crippen LogP contribution in [0.15, 0.2) is 47.6 Å². The Kier molecular flexibility index (Phi) is 7.23. The van der Waals surface area contributed by atoms with Crippen LogP contribution < -0.4 is 14.8 Å². The Labute approximate surface area is 184 Å². The van der Waals surface area contributed by atoms with E-state index < -0.39 is 5.37 Å². The third-order valence-electron chi connectivity index (χ3n) is 4.09. The van der Waals surface area contributed by atoms with Crippen LogP contribution in [0.4, 0.5) is 0 Å². The molecule has 0 saturated heterocycles. The standard InChI is InChI=1S/C21H22ClN3O4S/c1-4-28-18-11-16(20-25(14(3)27)24-21(30-20)23-13(2)26)10-17(22)19(18)29-12-15-8-6-5-7-9-15/h5-11,20H,4,12H2,1-3H3,(H,23,24,26)/t20-/m0/s1. The molecule has 3 rings (SSSR count). The second-order valence-electron chi connectivity index (χ2n) is 6.46. The summed E-state index contributed by atoms with van der Waals surface area (Å²) < 4.78 is 11.7. The number of hydrazone groups is 1. The van der Waals surface area contributed by atoms with Gasteiger partial charge >= 0.3 is 0 Å². The van der Waals surface area contributed by atoms with Crippen LogP contribution >= 0.6 is 23.4 Å². The SMILES string of the molecule is CCOc1cc([C@@H]2SC(NC(C)=O)=NN2C(C)=O)cc(Cl)c1OCc1ccccc1. The number of carbonyl (C=O) groups is 2. The summed E-state index contributed by atoms with van der Waals surface area (Å²) in [6.07, 6.45) is 0. The van der Waals surface area contributed by atoms with Gasteiger partial charge in [0.2, 0.25) is 11.8 Å². The van der Waals surface area contributed by atoms with Crippen LogP contribution in [-0.4, -0.2) is 28.6 Å². The molecule has 7 nitrogen and oxygen atoms in total. The third-order valence-corrected chi connectivity index (χ3v) is 5.48. The molecule has 0 radical (unpaired) electrons. The average molecular weight is 448 g/mol. The average Bonchev–Trinajstić information content (AvgIpc) is 3.11. The molecule has 2 aromatic rings. The second-order valence-corrected chi connectivity index (χ2v) is 7.93. The number of nitrogens with one attached hydrogen (secondary N) is 1. The number of benzene rings is 2. The number of ether oxygens (including phenoxy) is 2. The molecule has 158 valence electrons. The normalized spacial score (nSPS) is 15.5. The van der Waals surface area contributed by atoms with Crippen molar-refractivity contribution >= 4 is 40.3 Å². The van der Waals surface area contributed by atoms with Crippen molar-refractivity contribution in [1.29, 1.82) is 0 Å². The maximum Gasteiger partial charge on any atom is 0.241 e. The van der Waals surface area contributed by atoms with Gasteiger partial charge in [0.05, 0.1) is 11.6 Å². The Hall–Kier alpha value is -2.71. The fourth-order valence-corrected chi connectivity index (χ4v) is 4.23. The molecule has 2 amide bonds. The van der Waals surface area contributed by atoms with E-state index in [0.717, 1.165) is 5.56 Å². The highest BCUT2D eigenvalue weighted by Gasteiger charge is 2.33. The van der Waals surface area contributed by atoms with E-state index in [1.807, 2.05) is 37.3 Å². The smallest absolute Gasteiger partial charge is 0.241 e. The zero-order chi connectivity index (χ0) is 21.7. The number of hydrogen-bond acceptors (Lipinski definition) is 6. The fraction of sp³-hybridized carbons (Fsp3) is 0.286. The summed E-state index contributed by atoms with van der Waals surface area (Å²) in [4.78, 5) is 23.5. The van der Waals surface area contributed by atoms with E-state index in [2.05, 4.69) is 10.4 Å². The lowest BCUT2D eigenvalue weighted by Gasteiger charge is -2.22. The molecule has 1 heterocycles. The number of halogens is 1. The number of thioether (sulfide) groups is 1. The number of amidine groups is 1. The van der Waals surface area contributed by atoms with Crippen LogP contribution in [0.1, 0.15) is 37.3 Å². The van der Waals surface area contributed by atoms with Gasteiger partial charge in [-0.25, -0.2) is 5.01 Å². The quantitative estimate of drug-likeness (QED) is 0.713. The first-order valence-electron chi connectivity index (χ1n) is 9.34. The van der Waals surface area contributed by atoms with Crippen molar-refractivity contribution in [2.75, 3.05) is 6.61 Å². The lowest BCUT2D eigenvalue weighted by molar-refractivity contribution is -0.129. The van der Waals surface area contributed by atoms with Gasteiger partial charge in [-0.3, -0.25) is 9.59 Å². The Bertz CT molecular complexity index is 968. The molecule has 0 spiro atoms. The van der Waals surface area contributed by atoms with Crippen LogP contribution in [0.2, 0.25) is 5.02 Å². The van der Waals surface area contributed by atoms with Crippen LogP contribution in [-0.2, 0) is 16.2 Å². The van der Waals surface area contributed by atoms with Crippen molar-refractivity contribution in [1.82, 2.24) is 10.3 Å². The van der Waals surface area contributed by atoms with Crippen molar-refractivity contribution < 1.29 is 19.1 Å². The van der Waals surface area contributed by atoms with Gasteiger partial charge in [0.15, 0.2) is 16.7 Å². The molecule has 2 aromatic carbocycles. The Morgan fingerprint density at radius 1 is 1.20 bits per heavy atom. The molecule has 0 bridgehead atoms. The number of carbonyl (C=O) groups excluding carboxylic acids is 2. The molecule has 0 saturated carbocycles. The molecule has 9 heteroatoms. The number of hydrogen-bond donors (Lipinski definition) is 1. The lowest BCUT2D eigenvalue weighted by atomic mass is 10.2. The number of amides is 2. The maximum atomic E-state index is 12.1. The van der Waals surface area contributed by atoms with Crippen LogP contribution in [0.3, 0.4) is 0 Å². The predicted molar refractivity (Wildman–Crippen MR) is 117 cm³/mol. The summed E-state index contributed by atoms with van der Waals surface area (Å²) in [6.45, 7) is 5.43. The largest absolute Gasteiger partial charge is 0.490 e. The zero-order valence-electron chi connectivity index (χ0n) is 16.8. The molecule has 1 N–H and O–H groups in total. The van der Waals surface area contributed by atoms with Gasteiger partial charge in [-0.1, -0.05) is 53.7 Å². The van der Waals surface area contributed by atoms with Gasteiger partial charge in [-0.15, -0.1) is 5.10 Å². The van der Waals surface area contributed by atoms with E-state index in [1.54, 1.807) is 12.1 Å². The van der Waals surface area contributed by atoms with E-state index in [9.17, 15) is 9.59 Å². The van der Waals surface area contributed by atoms with Crippen LogP contribution in [0.5, 0.6) is 11.5 Å². The summed E-state index contributed by atoms with van der Waals surface area (Å²) >= 11 is 7.79. The molecule has 30 heavy (non-hydrogen) atoms. The van der Waals surface area contributed by atoms with Gasteiger partial charge in [0.1, 0.15) is 12.0 Å². The van der Waals surface area contributed by atoms with Gasteiger partial charge < -0.3 is 14.8 Å². The van der Waals surface area contributed by atoms with Crippen LogP contribution in [0, 0.1) is 0 Å². The van der Waals surface area contributed by atoms with E-state index in [4.69, 9.17) is 21.1 Å². The van der Waals surface area contributed by atoms with Gasteiger partial charge in [-0.05, 0) is 30.2 Å². The summed E-state index contributed by atoms with van der Waals surface area (Å²) in [5.41, 5.74) is 1.71. The highest BCUT2D eigenvalue weighted by molar-refractivity contribution is 8.14. The zero-order valence-corrected chi connectivity index (χ0v) is 18.4. The van der Waals surface area contributed by atoms with Crippen molar-refractivity contribution in [2.24, 2.45) is 5.10 Å². The summed E-state index contributed by atoms with van der Waals surface area (Å²) in [5, 5.41) is 8.37. The highest BCUT2D eigenvalue weighted by atomic mass is 35.5. The molecular weight excluding hydrogens is 426 g/mol. The van der Waals surface area contributed by atoms with E-state index in [-0.39, 0.29) is 11.8 Å². The molecule has 0 unspecified atom stereocenters. The summed E-state index contributed by atoms with van der Waals surface area (Å²) in [7, 11) is 0. The minimum Gasteiger partial charge on any atom is -0.490 e. The molecule has 0 aromatic heterocycles. The Balaban J connectivity index is 1.88. The molecule has 1 atom stereocenters. The topological polar surface area (TPSA) is 80.2 Å². The van der Waals surface area contributed by atoms with E-state index in [0.29, 0.717) is 40.5 Å². The fourth-order valence-electron chi connectivity index (χ4n) is 2.84. The van der Waals surface area contributed by atoms with Crippen molar-refractivity contribution in [3.05, 3.63) is 58.6 Å². The highest BCUT2D eigenvalue weighted by Crippen LogP contribution is 2.45.